The van der Waals surface area contributed by atoms with Crippen LogP contribution < -0.4 is 51.4 Å². The standard InChI is InChI=1S/C2H5BF3O3S.K/c4-3(5,6)1-2-10(7,8)9;/h1-2H2,(H,7,8,9);/q-1;+1. The Bertz CT molecular complexity index is 199. The van der Waals surface area contributed by atoms with Crippen molar-refractivity contribution < 1.29 is 77.3 Å². The van der Waals surface area contributed by atoms with Crippen LogP contribution >= 0.6 is 0 Å². The van der Waals surface area contributed by atoms with Gasteiger partial charge in [-0.05, 0) is 0 Å². The van der Waals surface area contributed by atoms with Crippen molar-refractivity contribution in [1.82, 2.24) is 0 Å². The fourth-order valence-electron chi connectivity index (χ4n) is 0.283. The summed E-state index contributed by atoms with van der Waals surface area (Å²) in [4.78, 5) is 0. The van der Waals surface area contributed by atoms with Crippen LogP contribution in [-0.4, -0.2) is 25.7 Å². The van der Waals surface area contributed by atoms with E-state index in [1.165, 1.54) is 0 Å². The number of rotatable bonds is 3. The molecule has 0 unspecified atom stereocenters. The molecular weight excluding hydrogens is 211 g/mol. The summed E-state index contributed by atoms with van der Waals surface area (Å²) in [5, 5.41) is 0. The largest absolute Gasteiger partial charge is 1.00 e. The summed E-state index contributed by atoms with van der Waals surface area (Å²) in [6.45, 7) is -5.11. The van der Waals surface area contributed by atoms with Gasteiger partial charge in [-0.15, -0.1) is 0 Å². The van der Waals surface area contributed by atoms with Gasteiger partial charge in [-0.25, -0.2) is 0 Å². The molecule has 0 rings (SSSR count). The molecule has 1 N–H and O–H groups in total. The van der Waals surface area contributed by atoms with E-state index < -0.39 is 29.2 Å². The van der Waals surface area contributed by atoms with Gasteiger partial charge in [-0.1, -0.05) is 6.32 Å². The van der Waals surface area contributed by atoms with Crippen molar-refractivity contribution in [3.05, 3.63) is 0 Å². The molecule has 0 spiro atoms. The minimum Gasteiger partial charge on any atom is -0.449 e. The van der Waals surface area contributed by atoms with E-state index in [1.807, 2.05) is 0 Å². The predicted octanol–water partition coefficient (Wildman–Crippen LogP) is -2.27. The Kier molecular flexibility index (Phi) is 7.04. The maximum absolute atomic E-state index is 11.3. The molecule has 0 aromatic heterocycles. The molecule has 0 fully saturated rings. The molecule has 0 heterocycles. The number of hydrogen-bond donors (Lipinski definition) is 1. The summed E-state index contributed by atoms with van der Waals surface area (Å²) < 4.78 is 61.2. The average Bonchev–Trinajstić information content (AvgIpc) is 1.57. The summed E-state index contributed by atoms with van der Waals surface area (Å²) >= 11 is 0. The van der Waals surface area contributed by atoms with Gasteiger partial charge < -0.3 is 12.9 Å². The monoisotopic (exact) mass is 216 g/mol. The molecule has 0 aromatic carbocycles. The van der Waals surface area contributed by atoms with E-state index in [-0.39, 0.29) is 51.4 Å². The first-order chi connectivity index (χ1) is 4.21. The third-order valence-corrected chi connectivity index (χ3v) is 1.45. The normalized spacial score (nSPS) is 12.4. The average molecular weight is 216 g/mol. The van der Waals surface area contributed by atoms with Gasteiger partial charge in [-0.2, -0.15) is 8.42 Å². The number of halogens is 3. The maximum atomic E-state index is 11.3. The van der Waals surface area contributed by atoms with Gasteiger partial charge in [0.2, 0.25) is 0 Å². The first kappa shape index (κ1) is 14.9. The quantitative estimate of drug-likeness (QED) is 0.427. The van der Waals surface area contributed by atoms with E-state index in [0.717, 1.165) is 0 Å². The van der Waals surface area contributed by atoms with Crippen LogP contribution in [0.1, 0.15) is 0 Å². The Labute approximate surface area is 105 Å². The van der Waals surface area contributed by atoms with Gasteiger partial charge in [0.25, 0.3) is 10.1 Å². The van der Waals surface area contributed by atoms with Crippen LogP contribution in [0.4, 0.5) is 12.9 Å². The third-order valence-electron chi connectivity index (χ3n) is 0.703. The van der Waals surface area contributed by atoms with Gasteiger partial charge in [0.05, 0.1) is 5.75 Å². The van der Waals surface area contributed by atoms with Gasteiger partial charge in [-0.3, -0.25) is 4.55 Å². The van der Waals surface area contributed by atoms with Crippen LogP contribution in [0.15, 0.2) is 0 Å². The summed E-state index contributed by atoms with van der Waals surface area (Å²) in [5.74, 6) is -1.24. The van der Waals surface area contributed by atoms with E-state index in [1.54, 1.807) is 0 Å². The molecular formula is C2H5BF3KO3S. The zero-order chi connectivity index (χ0) is 8.41. The van der Waals surface area contributed by atoms with Crippen molar-refractivity contribution in [3.63, 3.8) is 0 Å². The van der Waals surface area contributed by atoms with E-state index >= 15 is 0 Å². The molecule has 0 aliphatic carbocycles. The van der Waals surface area contributed by atoms with Crippen LogP contribution in [0.2, 0.25) is 6.32 Å². The molecule has 0 saturated carbocycles. The fourth-order valence-corrected chi connectivity index (χ4v) is 0.848. The summed E-state index contributed by atoms with van der Waals surface area (Å²) in [5.41, 5.74) is 0. The minimum absolute atomic E-state index is 0. The molecule has 0 atom stereocenters. The molecule has 9 heteroatoms. The molecule has 0 aliphatic rings. The second-order valence-electron chi connectivity index (χ2n) is 1.79. The van der Waals surface area contributed by atoms with Crippen molar-refractivity contribution in [1.29, 1.82) is 0 Å². The summed E-state index contributed by atoms with van der Waals surface area (Å²) in [6.07, 6.45) is -1.45. The second kappa shape index (κ2) is 5.20. The molecule has 0 aliphatic heterocycles. The molecule has 0 amide bonds. The van der Waals surface area contributed by atoms with Crippen molar-refractivity contribution in [2.45, 2.75) is 6.32 Å². The molecule has 0 saturated heterocycles. The number of hydrogen-bond acceptors (Lipinski definition) is 2. The SMILES string of the molecule is O=S(=O)(O)CC[B-](F)(F)F.[K+]. The maximum Gasteiger partial charge on any atom is 1.00 e. The predicted molar refractivity (Wildman–Crippen MR) is 30.3 cm³/mol. The van der Waals surface area contributed by atoms with Crippen LogP contribution in [-0.2, 0) is 10.1 Å². The van der Waals surface area contributed by atoms with Crippen LogP contribution in [0, 0.1) is 0 Å². The fraction of sp³-hybridized carbons (Fsp3) is 1.00. The second-order valence-corrected chi connectivity index (χ2v) is 3.36. The van der Waals surface area contributed by atoms with Crippen molar-refractivity contribution in [3.8, 4) is 0 Å². The smallest absolute Gasteiger partial charge is 0.449 e. The Morgan fingerprint density at radius 3 is 1.73 bits per heavy atom. The molecule has 11 heavy (non-hydrogen) atoms. The van der Waals surface area contributed by atoms with Crippen LogP contribution in [0.25, 0.3) is 0 Å². The molecule has 0 bridgehead atoms. The van der Waals surface area contributed by atoms with Crippen molar-refractivity contribution in [2.75, 3.05) is 5.75 Å². The zero-order valence-electron chi connectivity index (χ0n) is 5.80. The van der Waals surface area contributed by atoms with E-state index in [0.29, 0.717) is 0 Å². The van der Waals surface area contributed by atoms with Gasteiger partial charge >= 0.3 is 58.4 Å². The Hall–Kier alpha value is 1.40. The Morgan fingerprint density at radius 1 is 1.27 bits per heavy atom. The topological polar surface area (TPSA) is 54.4 Å². The van der Waals surface area contributed by atoms with Crippen molar-refractivity contribution >= 4 is 17.1 Å². The molecule has 3 nitrogen and oxygen atoms in total. The zero-order valence-corrected chi connectivity index (χ0v) is 9.74. The van der Waals surface area contributed by atoms with E-state index in [4.69, 9.17) is 4.55 Å². The molecule has 62 valence electrons. The molecule has 0 aromatic rings. The van der Waals surface area contributed by atoms with Crippen LogP contribution in [0.5, 0.6) is 0 Å². The van der Waals surface area contributed by atoms with Crippen LogP contribution in [0.3, 0.4) is 0 Å². The van der Waals surface area contributed by atoms with Gasteiger partial charge in [0, 0.05) is 0 Å². The Balaban J connectivity index is 0. The van der Waals surface area contributed by atoms with E-state index in [9.17, 15) is 21.4 Å². The van der Waals surface area contributed by atoms with E-state index in [2.05, 4.69) is 0 Å². The summed E-state index contributed by atoms with van der Waals surface area (Å²) in [7, 11) is -4.46. The minimum atomic E-state index is -5.11. The Morgan fingerprint density at radius 2 is 1.64 bits per heavy atom. The van der Waals surface area contributed by atoms with Gasteiger partial charge in [0.15, 0.2) is 0 Å². The third kappa shape index (κ3) is 14.3. The molecule has 0 radical (unpaired) electrons. The van der Waals surface area contributed by atoms with Crippen molar-refractivity contribution in [2.24, 2.45) is 0 Å². The summed E-state index contributed by atoms with van der Waals surface area (Å²) in [6, 6.07) is 0. The first-order valence-electron chi connectivity index (χ1n) is 2.37. The first-order valence-corrected chi connectivity index (χ1v) is 3.98. The van der Waals surface area contributed by atoms with Gasteiger partial charge in [0.1, 0.15) is 0 Å².